The molecule has 1 aliphatic carbocycles. The van der Waals surface area contributed by atoms with E-state index in [1.807, 2.05) is 29.2 Å². The van der Waals surface area contributed by atoms with Gasteiger partial charge in [-0.2, -0.15) is 0 Å². The molecule has 22 heavy (non-hydrogen) atoms. The van der Waals surface area contributed by atoms with Crippen molar-refractivity contribution in [3.05, 3.63) is 34.9 Å². The zero-order chi connectivity index (χ0) is 15.5. The first-order valence-electron chi connectivity index (χ1n) is 7.94. The Morgan fingerprint density at radius 1 is 1.36 bits per heavy atom. The molecule has 3 rings (SSSR count). The van der Waals surface area contributed by atoms with Crippen molar-refractivity contribution in [1.82, 2.24) is 4.90 Å². The molecule has 1 unspecified atom stereocenters. The van der Waals surface area contributed by atoms with Gasteiger partial charge in [-0.3, -0.25) is 4.79 Å². The Balaban J connectivity index is 1.58. The first-order valence-corrected chi connectivity index (χ1v) is 8.32. The van der Waals surface area contributed by atoms with E-state index in [4.69, 9.17) is 16.4 Å². The van der Waals surface area contributed by atoms with Gasteiger partial charge in [0.25, 0.3) is 0 Å². The zero-order valence-corrected chi connectivity index (χ0v) is 13.6. The summed E-state index contributed by atoms with van der Waals surface area (Å²) in [4.78, 5) is 19.8. The molecule has 0 aromatic heterocycles. The maximum Gasteiger partial charge on any atom is 0.225 e. The Bertz CT molecular complexity index is 567. The molecule has 1 fully saturated rings. The largest absolute Gasteiger partial charge is 0.390 e. The minimum absolute atomic E-state index is 0.0417. The lowest BCUT2D eigenvalue weighted by molar-refractivity contribution is -0.134. The third-order valence-electron chi connectivity index (χ3n) is 4.07. The number of hydrogen-bond acceptors (Lipinski definition) is 3. The topological polar surface area (TPSA) is 41.9 Å². The molecule has 0 saturated heterocycles. The molecule has 0 bridgehead atoms. The predicted molar refractivity (Wildman–Crippen MR) is 87.1 cm³/mol. The van der Waals surface area contributed by atoms with Crippen molar-refractivity contribution in [1.29, 1.82) is 0 Å². The van der Waals surface area contributed by atoms with Crippen LogP contribution in [-0.2, 0) is 9.63 Å². The monoisotopic (exact) mass is 320 g/mol. The first-order chi connectivity index (χ1) is 10.7. The van der Waals surface area contributed by atoms with Gasteiger partial charge < -0.3 is 9.74 Å². The van der Waals surface area contributed by atoms with Gasteiger partial charge in [0, 0.05) is 23.9 Å². The third-order valence-corrected chi connectivity index (χ3v) is 4.32. The van der Waals surface area contributed by atoms with Crippen LogP contribution in [0.2, 0.25) is 5.02 Å². The van der Waals surface area contributed by atoms with E-state index in [2.05, 4.69) is 12.1 Å². The Morgan fingerprint density at radius 2 is 2.09 bits per heavy atom. The second-order valence-electron chi connectivity index (χ2n) is 6.03. The summed E-state index contributed by atoms with van der Waals surface area (Å²) in [6.07, 6.45) is 3.74. The van der Waals surface area contributed by atoms with E-state index in [0.29, 0.717) is 11.6 Å². The van der Waals surface area contributed by atoms with Crippen LogP contribution in [0.3, 0.4) is 0 Å². The molecule has 0 N–H and O–H groups in total. The number of hydrogen-bond donors (Lipinski definition) is 0. The van der Waals surface area contributed by atoms with Crippen molar-refractivity contribution in [3.63, 3.8) is 0 Å². The molecule has 4 nitrogen and oxygen atoms in total. The number of rotatable bonds is 6. The normalized spacial score (nSPS) is 20.5. The van der Waals surface area contributed by atoms with Crippen LogP contribution in [0.25, 0.3) is 0 Å². The first kappa shape index (κ1) is 15.3. The minimum atomic E-state index is -0.0417. The molecule has 2 aliphatic rings. The quantitative estimate of drug-likeness (QED) is 0.805. The number of benzene rings is 1. The van der Waals surface area contributed by atoms with Gasteiger partial charge in [0.05, 0.1) is 12.3 Å². The maximum absolute atomic E-state index is 12.3. The summed E-state index contributed by atoms with van der Waals surface area (Å²) in [5, 5.41) is 4.90. The molecule has 1 amide bonds. The summed E-state index contributed by atoms with van der Waals surface area (Å²) in [5.41, 5.74) is 1.96. The average molecular weight is 321 g/mol. The lowest BCUT2D eigenvalue weighted by atomic mass is 10.0. The highest BCUT2D eigenvalue weighted by Crippen LogP contribution is 2.31. The highest BCUT2D eigenvalue weighted by molar-refractivity contribution is 6.30. The standard InChI is InChI=1S/C17H21ClN2O2/c1-2-9-20(17(21)13-3-4-13)11-15-10-16(19-22-15)12-5-7-14(18)8-6-12/h5-8,13,15H,2-4,9-11H2,1H3. The van der Waals surface area contributed by atoms with Crippen LogP contribution in [-0.4, -0.2) is 35.7 Å². The molecule has 1 aliphatic heterocycles. The van der Waals surface area contributed by atoms with Crippen molar-refractivity contribution in [2.24, 2.45) is 11.1 Å². The molecule has 118 valence electrons. The Morgan fingerprint density at radius 3 is 2.73 bits per heavy atom. The van der Waals surface area contributed by atoms with Gasteiger partial charge in [-0.15, -0.1) is 0 Å². The van der Waals surface area contributed by atoms with Crippen molar-refractivity contribution in [3.8, 4) is 0 Å². The summed E-state index contributed by atoms with van der Waals surface area (Å²) in [6, 6.07) is 7.61. The lowest BCUT2D eigenvalue weighted by Gasteiger charge is -2.24. The minimum Gasteiger partial charge on any atom is -0.390 e. The van der Waals surface area contributed by atoms with Crippen LogP contribution in [0.4, 0.5) is 0 Å². The number of carbonyl (C=O) groups is 1. The zero-order valence-electron chi connectivity index (χ0n) is 12.8. The van der Waals surface area contributed by atoms with Gasteiger partial charge in [0.15, 0.2) is 6.10 Å². The summed E-state index contributed by atoms with van der Waals surface area (Å²) >= 11 is 5.91. The number of nitrogens with zero attached hydrogens (tertiary/aromatic N) is 2. The van der Waals surface area contributed by atoms with Gasteiger partial charge in [0.2, 0.25) is 5.91 Å². The van der Waals surface area contributed by atoms with Crippen molar-refractivity contribution >= 4 is 23.2 Å². The lowest BCUT2D eigenvalue weighted by Crippen LogP contribution is -2.39. The van der Waals surface area contributed by atoms with Crippen molar-refractivity contribution in [2.45, 2.75) is 38.7 Å². The van der Waals surface area contributed by atoms with Crippen molar-refractivity contribution in [2.75, 3.05) is 13.1 Å². The van der Waals surface area contributed by atoms with Gasteiger partial charge >= 0.3 is 0 Å². The fraction of sp³-hybridized carbons (Fsp3) is 0.529. The molecule has 1 aromatic rings. The molecule has 0 radical (unpaired) electrons. The van der Waals surface area contributed by atoms with Gasteiger partial charge in [-0.1, -0.05) is 35.8 Å². The fourth-order valence-corrected chi connectivity index (χ4v) is 2.86. The Hall–Kier alpha value is -1.55. The summed E-state index contributed by atoms with van der Waals surface area (Å²) < 4.78 is 0. The number of carbonyl (C=O) groups excluding carboxylic acids is 1. The van der Waals surface area contributed by atoms with Gasteiger partial charge in [0.1, 0.15) is 0 Å². The SMILES string of the molecule is CCCN(CC1CC(c2ccc(Cl)cc2)=NO1)C(=O)C1CC1. The Labute approximate surface area is 136 Å². The Kier molecular flexibility index (Phi) is 4.67. The molecular formula is C17H21ClN2O2. The molecular weight excluding hydrogens is 300 g/mol. The van der Waals surface area contributed by atoms with Crippen molar-refractivity contribution < 1.29 is 9.63 Å². The van der Waals surface area contributed by atoms with E-state index in [1.165, 1.54) is 0 Å². The maximum atomic E-state index is 12.3. The third kappa shape index (κ3) is 3.61. The van der Waals surface area contributed by atoms with E-state index < -0.39 is 0 Å². The van der Waals surface area contributed by atoms with Crippen LogP contribution < -0.4 is 0 Å². The molecule has 1 atom stereocenters. The van der Waals surface area contributed by atoms with Crippen LogP contribution in [0.15, 0.2) is 29.4 Å². The molecule has 1 heterocycles. The van der Waals surface area contributed by atoms with Gasteiger partial charge in [-0.05, 0) is 37.0 Å². The highest BCUT2D eigenvalue weighted by atomic mass is 35.5. The van der Waals surface area contributed by atoms with E-state index >= 15 is 0 Å². The molecule has 5 heteroatoms. The van der Waals surface area contributed by atoms with Gasteiger partial charge in [-0.25, -0.2) is 0 Å². The van der Waals surface area contributed by atoms with E-state index in [0.717, 1.165) is 43.5 Å². The molecule has 1 aromatic carbocycles. The summed E-state index contributed by atoms with van der Waals surface area (Å²) in [7, 11) is 0. The predicted octanol–water partition coefficient (Wildman–Crippen LogP) is 3.48. The molecule has 0 spiro atoms. The van der Waals surface area contributed by atoms with Crippen LogP contribution >= 0.6 is 11.6 Å². The van der Waals surface area contributed by atoms with Crippen LogP contribution in [0.1, 0.15) is 38.2 Å². The number of amides is 1. The second-order valence-corrected chi connectivity index (χ2v) is 6.47. The molecule has 1 saturated carbocycles. The van der Waals surface area contributed by atoms with E-state index in [9.17, 15) is 4.79 Å². The van der Waals surface area contributed by atoms with E-state index in [1.54, 1.807) is 0 Å². The second kappa shape index (κ2) is 6.69. The number of halogens is 1. The fourth-order valence-electron chi connectivity index (χ4n) is 2.73. The average Bonchev–Trinajstić information content (AvgIpc) is 3.27. The summed E-state index contributed by atoms with van der Waals surface area (Å²) in [6.45, 7) is 3.52. The smallest absolute Gasteiger partial charge is 0.225 e. The van der Waals surface area contributed by atoms with Crippen LogP contribution in [0.5, 0.6) is 0 Å². The summed E-state index contributed by atoms with van der Waals surface area (Å²) in [5.74, 6) is 0.537. The highest BCUT2D eigenvalue weighted by Gasteiger charge is 2.35. The number of oxime groups is 1. The van der Waals surface area contributed by atoms with E-state index in [-0.39, 0.29) is 17.9 Å². The van der Waals surface area contributed by atoms with Crippen LogP contribution in [0, 0.1) is 5.92 Å².